The van der Waals surface area contributed by atoms with E-state index in [-0.39, 0.29) is 23.4 Å². The van der Waals surface area contributed by atoms with Crippen molar-refractivity contribution in [2.24, 2.45) is 46.3 Å². The molecule has 4 unspecified atom stereocenters. The summed E-state index contributed by atoms with van der Waals surface area (Å²) in [6.07, 6.45) is 13.5. The summed E-state index contributed by atoms with van der Waals surface area (Å²) in [5.41, 5.74) is 2.18. The lowest BCUT2D eigenvalue weighted by Gasteiger charge is -2.58. The first kappa shape index (κ1) is 29.1. The Labute approximate surface area is 236 Å². The van der Waals surface area contributed by atoms with E-state index in [0.29, 0.717) is 55.1 Å². The lowest BCUT2D eigenvalue weighted by Crippen LogP contribution is -2.51. The van der Waals surface area contributed by atoms with E-state index in [1.807, 2.05) is 6.92 Å². The van der Waals surface area contributed by atoms with Crippen LogP contribution in [-0.4, -0.2) is 49.9 Å². The molecule has 6 heteroatoms. The fourth-order valence-corrected chi connectivity index (χ4v) is 10.2. The summed E-state index contributed by atoms with van der Waals surface area (Å²) in [7, 11) is 0. The van der Waals surface area contributed by atoms with E-state index in [2.05, 4.69) is 32.2 Å². The largest absolute Gasteiger partial charge is 0.462 e. The van der Waals surface area contributed by atoms with Crippen molar-refractivity contribution in [3.8, 4) is 0 Å². The highest BCUT2D eigenvalue weighted by Gasteiger charge is 2.65. The molecule has 6 nitrogen and oxygen atoms in total. The molecule has 39 heavy (non-hydrogen) atoms. The van der Waals surface area contributed by atoms with Gasteiger partial charge in [0.25, 0.3) is 0 Å². The van der Waals surface area contributed by atoms with Crippen LogP contribution in [0.25, 0.3) is 0 Å². The van der Waals surface area contributed by atoms with Gasteiger partial charge in [0.15, 0.2) is 0 Å². The zero-order chi connectivity index (χ0) is 27.9. The number of rotatable bonds is 9. The molecule has 5 rings (SSSR count). The number of nitrogens with one attached hydrogen (secondary N) is 1. The van der Waals surface area contributed by atoms with Gasteiger partial charge in [-0.1, -0.05) is 32.4 Å². The number of hydrogen-bond donors (Lipinski definition) is 1. The number of esters is 1. The molecular weight excluding hydrogens is 490 g/mol. The van der Waals surface area contributed by atoms with Crippen LogP contribution in [0.5, 0.6) is 0 Å². The van der Waals surface area contributed by atoms with E-state index in [0.717, 1.165) is 49.9 Å². The second-order valence-electron chi connectivity index (χ2n) is 14.2. The van der Waals surface area contributed by atoms with E-state index in [4.69, 9.17) is 14.2 Å². The highest BCUT2D eigenvalue weighted by Crippen LogP contribution is 2.69. The van der Waals surface area contributed by atoms with Gasteiger partial charge >= 0.3 is 5.97 Å². The molecule has 5 aliphatic rings. The average molecular weight is 544 g/mol. The normalized spacial score (nSPS) is 43.4. The first-order valence-electron chi connectivity index (χ1n) is 15.9. The molecule has 4 aliphatic carbocycles. The predicted molar refractivity (Wildman–Crippen MR) is 152 cm³/mol. The Morgan fingerprint density at radius 1 is 1.18 bits per heavy atom. The third-order valence-corrected chi connectivity index (χ3v) is 12.0. The Kier molecular flexibility index (Phi) is 8.56. The zero-order valence-corrected chi connectivity index (χ0v) is 25.3. The monoisotopic (exact) mass is 543 g/mol. The SMILES string of the molecule is CCOCC(CCC1O[C@H]2C[C@H]3[C@@H]4CC=C5CC(OC(C)=O)CC[C@]5(C)[C@H]4CC[C@]3(C)[C@H]2C1C)CNC(C)=O. The number of carbonyl (C=O) groups excluding carboxylic acids is 2. The molecule has 11 atom stereocenters. The smallest absolute Gasteiger partial charge is 0.302 e. The van der Waals surface area contributed by atoms with Gasteiger partial charge in [0.05, 0.1) is 18.8 Å². The Morgan fingerprint density at radius 3 is 2.69 bits per heavy atom. The molecule has 1 N–H and O–H groups in total. The number of hydrogen-bond acceptors (Lipinski definition) is 5. The molecule has 0 bridgehead atoms. The van der Waals surface area contributed by atoms with E-state index < -0.39 is 0 Å². The lowest BCUT2D eigenvalue weighted by molar-refractivity contribution is -0.148. The third-order valence-electron chi connectivity index (χ3n) is 12.0. The molecule has 1 aliphatic heterocycles. The van der Waals surface area contributed by atoms with Crippen LogP contribution in [0.15, 0.2) is 11.6 Å². The van der Waals surface area contributed by atoms with Crippen LogP contribution in [0.3, 0.4) is 0 Å². The maximum absolute atomic E-state index is 11.6. The molecule has 220 valence electrons. The van der Waals surface area contributed by atoms with E-state index in [1.165, 1.54) is 32.6 Å². The van der Waals surface area contributed by atoms with Crippen molar-refractivity contribution in [1.29, 1.82) is 0 Å². The van der Waals surface area contributed by atoms with E-state index in [1.54, 1.807) is 12.5 Å². The molecule has 0 spiro atoms. The number of amides is 1. The molecule has 1 amide bonds. The number of carbonyl (C=O) groups is 2. The van der Waals surface area contributed by atoms with Crippen LogP contribution in [0.2, 0.25) is 0 Å². The molecule has 0 aromatic carbocycles. The summed E-state index contributed by atoms with van der Waals surface area (Å²) in [6.45, 7) is 14.8. The van der Waals surface area contributed by atoms with E-state index in [9.17, 15) is 9.59 Å². The van der Waals surface area contributed by atoms with Crippen molar-refractivity contribution < 1.29 is 23.8 Å². The quantitative estimate of drug-likeness (QED) is 0.282. The van der Waals surface area contributed by atoms with Gasteiger partial charge in [-0.3, -0.25) is 9.59 Å². The summed E-state index contributed by atoms with van der Waals surface area (Å²) in [4.78, 5) is 23.1. The average Bonchev–Trinajstić information content (AvgIpc) is 3.36. The molecule has 3 saturated carbocycles. The highest BCUT2D eigenvalue weighted by molar-refractivity contribution is 5.72. The van der Waals surface area contributed by atoms with Crippen molar-refractivity contribution in [3.63, 3.8) is 0 Å². The zero-order valence-electron chi connectivity index (χ0n) is 25.3. The summed E-state index contributed by atoms with van der Waals surface area (Å²) >= 11 is 0. The van der Waals surface area contributed by atoms with Gasteiger partial charge in [0.2, 0.25) is 5.91 Å². The molecular formula is C33H53NO5. The van der Waals surface area contributed by atoms with Gasteiger partial charge in [-0.05, 0) is 105 Å². The summed E-state index contributed by atoms with van der Waals surface area (Å²) in [5, 5.41) is 3.00. The van der Waals surface area contributed by atoms with Gasteiger partial charge in [-0.2, -0.15) is 0 Å². The van der Waals surface area contributed by atoms with Gasteiger partial charge in [0.1, 0.15) is 6.10 Å². The Balaban J connectivity index is 1.24. The van der Waals surface area contributed by atoms with E-state index >= 15 is 0 Å². The second-order valence-corrected chi connectivity index (χ2v) is 14.2. The standard InChI is InChI=1S/C33H53NO5/c1-7-37-19-23(18-34-21(3)35)8-11-29-20(2)31-30(39-29)17-28-26-10-9-24-16-25(38-22(4)36)12-14-32(24,5)27(26)13-15-33(28,31)6/h9,20,23,25-31H,7-8,10-19H2,1-6H3,(H,34,35)/t20?,23?,25?,26-,27+,28+,29?,30+,31+,32+,33+/m1/s1. The summed E-state index contributed by atoms with van der Waals surface area (Å²) in [5.74, 6) is 3.66. The van der Waals surface area contributed by atoms with Crippen LogP contribution in [-0.2, 0) is 23.8 Å². The number of allylic oxidation sites excluding steroid dienone is 1. The van der Waals surface area contributed by atoms with Crippen molar-refractivity contribution in [2.75, 3.05) is 19.8 Å². The van der Waals surface area contributed by atoms with Gasteiger partial charge in [-0.15, -0.1) is 0 Å². The Hall–Kier alpha value is -1.40. The fraction of sp³-hybridized carbons (Fsp3) is 0.879. The molecule has 0 aromatic heterocycles. The van der Waals surface area contributed by atoms with Crippen LogP contribution < -0.4 is 5.32 Å². The van der Waals surface area contributed by atoms with Gasteiger partial charge in [-0.25, -0.2) is 0 Å². The van der Waals surface area contributed by atoms with Crippen LogP contribution >= 0.6 is 0 Å². The second kappa shape index (κ2) is 11.5. The van der Waals surface area contributed by atoms with Crippen molar-refractivity contribution in [3.05, 3.63) is 11.6 Å². The molecule has 0 aromatic rings. The predicted octanol–water partition coefficient (Wildman–Crippen LogP) is 6.08. The van der Waals surface area contributed by atoms with Crippen molar-refractivity contribution in [2.45, 2.75) is 118 Å². The minimum Gasteiger partial charge on any atom is -0.462 e. The van der Waals surface area contributed by atoms with Gasteiger partial charge in [0, 0.05) is 33.4 Å². The summed E-state index contributed by atoms with van der Waals surface area (Å²) in [6, 6.07) is 0. The summed E-state index contributed by atoms with van der Waals surface area (Å²) < 4.78 is 18.3. The maximum Gasteiger partial charge on any atom is 0.302 e. The van der Waals surface area contributed by atoms with Crippen LogP contribution in [0, 0.1) is 46.3 Å². The van der Waals surface area contributed by atoms with Crippen molar-refractivity contribution in [1.82, 2.24) is 5.32 Å². The first-order valence-corrected chi connectivity index (χ1v) is 15.9. The van der Waals surface area contributed by atoms with Crippen molar-refractivity contribution >= 4 is 11.9 Å². The lowest BCUT2D eigenvalue weighted by atomic mass is 9.47. The first-order chi connectivity index (χ1) is 18.6. The number of ether oxygens (including phenoxy) is 3. The molecule has 4 fully saturated rings. The van der Waals surface area contributed by atoms with Crippen LogP contribution in [0.4, 0.5) is 0 Å². The third kappa shape index (κ3) is 5.46. The maximum atomic E-state index is 11.6. The Morgan fingerprint density at radius 2 is 1.97 bits per heavy atom. The number of fused-ring (bicyclic) bond motifs is 7. The minimum absolute atomic E-state index is 0.0297. The molecule has 1 saturated heterocycles. The minimum atomic E-state index is -0.145. The molecule has 0 radical (unpaired) electrons. The van der Waals surface area contributed by atoms with Crippen LogP contribution in [0.1, 0.15) is 99.3 Å². The fourth-order valence-electron chi connectivity index (χ4n) is 10.2. The highest BCUT2D eigenvalue weighted by atomic mass is 16.5. The Bertz CT molecular complexity index is 948. The molecule has 1 heterocycles. The topological polar surface area (TPSA) is 73.9 Å². The van der Waals surface area contributed by atoms with Gasteiger partial charge < -0.3 is 19.5 Å².